The van der Waals surface area contributed by atoms with E-state index in [1.807, 2.05) is 60.7 Å². The monoisotopic (exact) mass is 588 g/mol. The Hall–Kier alpha value is -2.98. The van der Waals surface area contributed by atoms with Crippen molar-refractivity contribution in [3.8, 4) is 0 Å². The summed E-state index contributed by atoms with van der Waals surface area (Å²) < 4.78 is 35.2. The van der Waals surface area contributed by atoms with Gasteiger partial charge in [-0.2, -0.15) is 0 Å². The van der Waals surface area contributed by atoms with Gasteiger partial charge in [0.1, 0.15) is 12.1 Å². The molecule has 2 aliphatic rings. The molecular formula is C28H37N2O8PSi. The lowest BCUT2D eigenvalue weighted by Crippen LogP contribution is -2.73. The Kier molecular flexibility index (Phi) is 8.89. The average molecular weight is 589 g/mol. The molecule has 4 rings (SSSR count). The fourth-order valence-electron chi connectivity index (χ4n) is 5.18. The number of amides is 2. The second-order valence-corrected chi connectivity index (χ2v) is 19.1. The predicted octanol–water partition coefficient (Wildman–Crippen LogP) is 5.21. The Labute approximate surface area is 236 Å². The van der Waals surface area contributed by atoms with Crippen molar-refractivity contribution in [1.82, 2.24) is 9.80 Å². The number of likely N-dealkylation sites (tertiary alicyclic amines) is 1. The van der Waals surface area contributed by atoms with Crippen molar-refractivity contribution in [3.63, 3.8) is 0 Å². The minimum Gasteiger partial charge on any atom is -0.464 e. The van der Waals surface area contributed by atoms with Crippen LogP contribution in [0.4, 0.5) is 4.79 Å². The van der Waals surface area contributed by atoms with Crippen molar-refractivity contribution in [1.29, 1.82) is 0 Å². The van der Waals surface area contributed by atoms with Crippen molar-refractivity contribution < 1.29 is 37.5 Å². The third-order valence-electron chi connectivity index (χ3n) is 7.38. The second-order valence-electron chi connectivity index (χ2n) is 11.2. The van der Waals surface area contributed by atoms with E-state index in [1.54, 1.807) is 6.92 Å². The van der Waals surface area contributed by atoms with Crippen LogP contribution in [0.1, 0.15) is 30.2 Å². The molecule has 2 saturated heterocycles. The van der Waals surface area contributed by atoms with Crippen LogP contribution >= 0.6 is 7.60 Å². The molecule has 2 amide bonds. The molecule has 216 valence electrons. The van der Waals surface area contributed by atoms with Crippen LogP contribution in [-0.2, 0) is 32.7 Å². The number of ether oxygens (including phenoxy) is 2. The van der Waals surface area contributed by atoms with Gasteiger partial charge < -0.3 is 23.4 Å². The SMILES string of the molecule is COP(=O)(OC)C(C(=O)OCC[Si](C)(C)C)N1C(=O)C(N2C(=O)OC(c3ccccc3)C2c2ccccc2)C1C. The highest BCUT2D eigenvalue weighted by Gasteiger charge is 2.63. The second kappa shape index (κ2) is 11.9. The van der Waals surface area contributed by atoms with E-state index in [0.717, 1.165) is 30.2 Å². The number of hydrogen-bond donors (Lipinski definition) is 0. The summed E-state index contributed by atoms with van der Waals surface area (Å²) in [6.45, 7) is 8.24. The van der Waals surface area contributed by atoms with Crippen molar-refractivity contribution in [2.24, 2.45) is 0 Å². The molecule has 0 radical (unpaired) electrons. The first-order valence-corrected chi connectivity index (χ1v) is 18.5. The molecule has 2 aliphatic heterocycles. The maximum absolute atomic E-state index is 13.8. The summed E-state index contributed by atoms with van der Waals surface area (Å²) in [6, 6.07) is 17.1. The van der Waals surface area contributed by atoms with Crippen LogP contribution in [0.25, 0.3) is 0 Å². The molecule has 0 aromatic heterocycles. The molecule has 5 unspecified atom stereocenters. The fraction of sp³-hybridized carbons (Fsp3) is 0.464. The highest BCUT2D eigenvalue weighted by molar-refractivity contribution is 7.55. The summed E-state index contributed by atoms with van der Waals surface area (Å²) >= 11 is 0. The van der Waals surface area contributed by atoms with Crippen LogP contribution in [0.5, 0.6) is 0 Å². The third kappa shape index (κ3) is 5.74. The van der Waals surface area contributed by atoms with Gasteiger partial charge in [0, 0.05) is 22.3 Å². The zero-order valence-corrected chi connectivity index (χ0v) is 25.6. The third-order valence-corrected chi connectivity index (χ3v) is 11.2. The van der Waals surface area contributed by atoms with Crippen molar-refractivity contribution >= 4 is 33.6 Å². The number of cyclic esters (lactones) is 1. The van der Waals surface area contributed by atoms with E-state index >= 15 is 0 Å². The van der Waals surface area contributed by atoms with Crippen molar-refractivity contribution in [3.05, 3.63) is 71.8 Å². The normalized spacial score (nSPS) is 23.9. The molecule has 2 aromatic rings. The minimum absolute atomic E-state index is 0.131. The van der Waals surface area contributed by atoms with E-state index in [2.05, 4.69) is 19.6 Å². The van der Waals surface area contributed by atoms with Gasteiger partial charge in [-0.3, -0.25) is 14.3 Å². The minimum atomic E-state index is -4.12. The first-order chi connectivity index (χ1) is 18.9. The fourth-order valence-corrected chi connectivity index (χ4v) is 7.41. The van der Waals surface area contributed by atoms with E-state index in [-0.39, 0.29) is 6.61 Å². The van der Waals surface area contributed by atoms with E-state index in [4.69, 9.17) is 18.5 Å². The van der Waals surface area contributed by atoms with E-state index in [9.17, 15) is 18.9 Å². The Morgan fingerprint density at radius 2 is 1.50 bits per heavy atom. The van der Waals surface area contributed by atoms with Gasteiger partial charge in [0.25, 0.3) is 0 Å². The first-order valence-electron chi connectivity index (χ1n) is 13.2. The van der Waals surface area contributed by atoms with Gasteiger partial charge in [0.05, 0.1) is 12.6 Å². The summed E-state index contributed by atoms with van der Waals surface area (Å²) in [4.78, 5) is 43.1. The largest absolute Gasteiger partial charge is 0.464 e. The molecule has 2 heterocycles. The van der Waals surface area contributed by atoms with Gasteiger partial charge in [-0.15, -0.1) is 0 Å². The summed E-state index contributed by atoms with van der Waals surface area (Å²) in [5.41, 5.74) is 1.58. The number of carbonyl (C=O) groups is 3. The summed E-state index contributed by atoms with van der Waals surface area (Å²) in [5.74, 6) is -3.04. The molecule has 0 aliphatic carbocycles. The lowest BCUT2D eigenvalue weighted by molar-refractivity contribution is -0.168. The van der Waals surface area contributed by atoms with Gasteiger partial charge in [-0.25, -0.2) is 9.59 Å². The molecule has 0 bridgehead atoms. The number of benzene rings is 2. The molecule has 0 spiro atoms. The molecule has 12 heteroatoms. The maximum Gasteiger partial charge on any atom is 0.411 e. The molecule has 40 heavy (non-hydrogen) atoms. The van der Waals surface area contributed by atoms with Gasteiger partial charge >= 0.3 is 19.7 Å². The highest BCUT2D eigenvalue weighted by atomic mass is 31.2. The molecule has 10 nitrogen and oxygen atoms in total. The number of rotatable bonds is 11. The van der Waals surface area contributed by atoms with E-state index < -0.39 is 63.7 Å². The Bertz CT molecular complexity index is 1260. The molecule has 0 saturated carbocycles. The van der Waals surface area contributed by atoms with Crippen LogP contribution in [0.2, 0.25) is 25.7 Å². The zero-order valence-electron chi connectivity index (χ0n) is 23.7. The van der Waals surface area contributed by atoms with Gasteiger partial charge in [-0.05, 0) is 24.1 Å². The van der Waals surface area contributed by atoms with Gasteiger partial charge in [0.2, 0.25) is 11.7 Å². The standard InChI is InChI=1S/C28H37N2O8PSi/c1-19-22(25(31)29(19)26(39(34,35-2)36-3)27(32)37-17-18-40(4,5)6)30-23(20-13-9-7-10-14-20)24(38-28(30)33)21-15-11-8-12-16-21/h7-16,19,22-24,26H,17-18H2,1-6H3. The number of β-lactam (4-membered cyclic amide) rings is 1. The molecular weight excluding hydrogens is 551 g/mol. The summed E-state index contributed by atoms with van der Waals surface area (Å²) in [5, 5.41) is 0. The van der Waals surface area contributed by atoms with Crippen LogP contribution in [0, 0.1) is 0 Å². The average Bonchev–Trinajstić information content (AvgIpc) is 3.27. The Balaban J connectivity index is 1.66. The predicted molar refractivity (Wildman–Crippen MR) is 151 cm³/mol. The van der Waals surface area contributed by atoms with Gasteiger partial charge in [-0.1, -0.05) is 80.3 Å². The number of nitrogens with zero attached hydrogens (tertiary/aromatic N) is 2. The first kappa shape index (κ1) is 30.0. The maximum atomic E-state index is 13.8. The smallest absolute Gasteiger partial charge is 0.411 e. The van der Waals surface area contributed by atoms with E-state index in [1.165, 1.54) is 4.90 Å². The van der Waals surface area contributed by atoms with Crippen molar-refractivity contribution in [2.75, 3.05) is 20.8 Å². The van der Waals surface area contributed by atoms with Crippen LogP contribution in [0.3, 0.4) is 0 Å². The molecule has 2 aromatic carbocycles. The van der Waals surface area contributed by atoms with Crippen molar-refractivity contribution in [2.45, 2.75) is 62.6 Å². The van der Waals surface area contributed by atoms with E-state index in [0.29, 0.717) is 6.04 Å². The Morgan fingerprint density at radius 3 is 2.00 bits per heavy atom. The van der Waals surface area contributed by atoms with Crippen LogP contribution in [0.15, 0.2) is 60.7 Å². The molecule has 5 atom stereocenters. The highest BCUT2D eigenvalue weighted by Crippen LogP contribution is 2.56. The Morgan fingerprint density at radius 1 is 0.950 bits per heavy atom. The van der Waals surface area contributed by atoms with Crippen LogP contribution in [-0.4, -0.2) is 74.5 Å². The van der Waals surface area contributed by atoms with Gasteiger partial charge in [0.15, 0.2) is 6.10 Å². The lowest BCUT2D eigenvalue weighted by Gasteiger charge is -2.52. The summed E-state index contributed by atoms with van der Waals surface area (Å²) in [6.07, 6.45) is -1.31. The van der Waals surface area contributed by atoms with Crippen LogP contribution < -0.4 is 0 Å². The quantitative estimate of drug-likeness (QED) is 0.152. The molecule has 0 N–H and O–H groups in total. The lowest BCUT2D eigenvalue weighted by atomic mass is 9.89. The zero-order chi connectivity index (χ0) is 29.2. The topological polar surface area (TPSA) is 112 Å². The molecule has 2 fully saturated rings. The summed E-state index contributed by atoms with van der Waals surface area (Å²) in [7, 11) is -3.33. The number of carbonyl (C=O) groups excluding carboxylic acids is 3. The number of esters is 1. The number of hydrogen-bond acceptors (Lipinski definition) is 8.